The maximum atomic E-state index is 12.9. The minimum atomic E-state index is -3.78. The van der Waals surface area contributed by atoms with Gasteiger partial charge >= 0.3 is 5.97 Å². The molecule has 0 bridgehead atoms. The zero-order chi connectivity index (χ0) is 19.6. The van der Waals surface area contributed by atoms with Gasteiger partial charge in [-0.2, -0.15) is 4.31 Å². The number of furan rings is 1. The molecule has 7 nitrogen and oxygen atoms in total. The van der Waals surface area contributed by atoms with Crippen LogP contribution in [-0.2, 0) is 21.3 Å². The van der Waals surface area contributed by atoms with E-state index >= 15 is 0 Å². The molecule has 1 aromatic carbocycles. The Hall–Kier alpha value is -1.58. The number of hydrogen-bond acceptors (Lipinski definition) is 6. The van der Waals surface area contributed by atoms with Gasteiger partial charge in [-0.15, -0.1) is 0 Å². The largest absolute Gasteiger partial charge is 0.463 e. The van der Waals surface area contributed by atoms with E-state index in [1.165, 1.54) is 29.8 Å². The highest BCUT2D eigenvalue weighted by atomic mass is 35.5. The van der Waals surface area contributed by atoms with Crippen molar-refractivity contribution in [3.8, 4) is 0 Å². The zero-order valence-corrected chi connectivity index (χ0v) is 16.9. The van der Waals surface area contributed by atoms with Crippen LogP contribution in [0.4, 0.5) is 0 Å². The Morgan fingerprint density at radius 3 is 2.37 bits per heavy atom. The molecule has 146 valence electrons. The van der Waals surface area contributed by atoms with Crippen LogP contribution in [0, 0.1) is 0 Å². The molecule has 1 aliphatic rings. The molecule has 0 atom stereocenters. The number of carbonyl (C=O) groups is 1. The van der Waals surface area contributed by atoms with Crippen molar-refractivity contribution in [1.29, 1.82) is 0 Å². The van der Waals surface area contributed by atoms with Crippen LogP contribution in [0.5, 0.6) is 0 Å². The summed E-state index contributed by atoms with van der Waals surface area (Å²) in [6.07, 6.45) is 1.43. The maximum Gasteiger partial charge on any atom is 0.374 e. The molecule has 27 heavy (non-hydrogen) atoms. The van der Waals surface area contributed by atoms with Gasteiger partial charge in [0.15, 0.2) is 0 Å². The molecule has 2 aromatic rings. The van der Waals surface area contributed by atoms with E-state index in [4.69, 9.17) is 32.4 Å². The van der Waals surface area contributed by atoms with E-state index in [1.807, 2.05) is 4.90 Å². The number of nitrogens with zero attached hydrogens (tertiary/aromatic N) is 2. The number of ether oxygens (including phenoxy) is 1. The molecule has 1 aromatic heterocycles. The van der Waals surface area contributed by atoms with Crippen molar-refractivity contribution in [3.05, 3.63) is 51.9 Å². The highest BCUT2D eigenvalue weighted by Crippen LogP contribution is 2.32. The van der Waals surface area contributed by atoms with Gasteiger partial charge in [-0.25, -0.2) is 13.2 Å². The summed E-state index contributed by atoms with van der Waals surface area (Å²) in [6.45, 7) is 2.02. The van der Waals surface area contributed by atoms with Crippen molar-refractivity contribution >= 4 is 39.2 Å². The van der Waals surface area contributed by atoms with Gasteiger partial charge in [0.25, 0.3) is 0 Å². The van der Waals surface area contributed by atoms with Gasteiger partial charge in [-0.1, -0.05) is 29.3 Å². The maximum absolute atomic E-state index is 12.9. The van der Waals surface area contributed by atoms with Crippen LogP contribution in [0.3, 0.4) is 0 Å². The predicted octanol–water partition coefficient (Wildman–Crippen LogP) is 2.88. The molecule has 0 radical (unpaired) electrons. The normalized spacial score (nSPS) is 16.4. The number of esters is 1. The smallest absolute Gasteiger partial charge is 0.374 e. The van der Waals surface area contributed by atoms with Crippen molar-refractivity contribution in [2.24, 2.45) is 0 Å². The molecule has 0 spiro atoms. The van der Waals surface area contributed by atoms with E-state index in [-0.39, 0.29) is 33.8 Å². The molecule has 0 amide bonds. The molecule has 1 saturated heterocycles. The fourth-order valence-corrected chi connectivity index (χ4v) is 5.47. The molecule has 1 fully saturated rings. The van der Waals surface area contributed by atoms with Crippen LogP contribution in [-0.4, -0.2) is 56.9 Å². The molecular formula is C17H18Cl2N2O5S. The summed E-state index contributed by atoms with van der Waals surface area (Å²) in [4.78, 5) is 13.7. The van der Waals surface area contributed by atoms with E-state index in [2.05, 4.69) is 0 Å². The van der Waals surface area contributed by atoms with Gasteiger partial charge in [0, 0.05) is 38.3 Å². The van der Waals surface area contributed by atoms with Crippen LogP contribution < -0.4 is 0 Å². The number of rotatable bonds is 5. The second-order valence-corrected chi connectivity index (χ2v) is 8.69. The van der Waals surface area contributed by atoms with Crippen LogP contribution in [0.15, 0.2) is 39.8 Å². The van der Waals surface area contributed by atoms with Crippen molar-refractivity contribution in [2.45, 2.75) is 11.4 Å². The lowest BCUT2D eigenvalue weighted by atomic mass is 10.2. The Kier molecular flexibility index (Phi) is 6.12. The average Bonchev–Trinajstić information content (AvgIpc) is 3.09. The van der Waals surface area contributed by atoms with Gasteiger partial charge < -0.3 is 9.15 Å². The zero-order valence-electron chi connectivity index (χ0n) is 14.5. The van der Waals surface area contributed by atoms with Crippen LogP contribution >= 0.6 is 23.2 Å². The Morgan fingerprint density at radius 2 is 1.78 bits per heavy atom. The lowest BCUT2D eigenvalue weighted by molar-refractivity contribution is 0.0561. The van der Waals surface area contributed by atoms with E-state index in [0.29, 0.717) is 25.2 Å². The number of benzene rings is 1. The van der Waals surface area contributed by atoms with Crippen molar-refractivity contribution in [3.63, 3.8) is 0 Å². The average molecular weight is 433 g/mol. The van der Waals surface area contributed by atoms with E-state index in [9.17, 15) is 13.2 Å². The summed E-state index contributed by atoms with van der Waals surface area (Å²) in [5.74, 6) is -0.375. The Bertz CT molecular complexity index is 916. The highest BCUT2D eigenvalue weighted by molar-refractivity contribution is 7.89. The molecular weight excluding hydrogens is 415 g/mol. The Labute approximate surface area is 167 Å². The standard InChI is InChI=1S/C17H18Cl2N2O5S/c1-25-17(22)15-12(5-10-26-15)11-20-6-8-21(9-7-20)27(23,24)16-13(18)3-2-4-14(16)19/h2-5,10H,6-9,11H2,1H3. The number of piperazine rings is 1. The SMILES string of the molecule is COC(=O)c1occc1CN1CCN(S(=O)(=O)c2c(Cl)cccc2Cl)CC1. The van der Waals surface area contributed by atoms with E-state index < -0.39 is 16.0 Å². The first kappa shape index (κ1) is 20.2. The number of halogens is 2. The minimum Gasteiger partial charge on any atom is -0.463 e. The molecule has 0 N–H and O–H groups in total. The van der Waals surface area contributed by atoms with E-state index in [0.717, 1.165) is 0 Å². The summed E-state index contributed by atoms with van der Waals surface area (Å²) < 4.78 is 37.0. The third-order valence-electron chi connectivity index (χ3n) is 4.36. The summed E-state index contributed by atoms with van der Waals surface area (Å²) in [5.41, 5.74) is 0.701. The Morgan fingerprint density at radius 1 is 1.15 bits per heavy atom. The van der Waals surface area contributed by atoms with Crippen molar-refractivity contribution in [1.82, 2.24) is 9.21 Å². The fraction of sp³-hybridized carbons (Fsp3) is 0.353. The number of carbonyl (C=O) groups excluding carboxylic acids is 1. The second kappa shape index (κ2) is 8.20. The van der Waals surface area contributed by atoms with Crippen molar-refractivity contribution in [2.75, 3.05) is 33.3 Å². The predicted molar refractivity (Wildman–Crippen MR) is 101 cm³/mol. The number of sulfonamides is 1. The number of hydrogen-bond donors (Lipinski definition) is 0. The van der Waals surface area contributed by atoms with Gasteiger partial charge in [0.2, 0.25) is 15.8 Å². The summed E-state index contributed by atoms with van der Waals surface area (Å²) in [5, 5.41) is 0.206. The third-order valence-corrected chi connectivity index (χ3v) is 7.21. The molecule has 0 aliphatic carbocycles. The topological polar surface area (TPSA) is 80.1 Å². The summed E-state index contributed by atoms with van der Waals surface area (Å²) in [6, 6.07) is 6.32. The molecule has 1 aliphatic heterocycles. The first-order valence-electron chi connectivity index (χ1n) is 8.16. The van der Waals surface area contributed by atoms with Crippen LogP contribution in [0.1, 0.15) is 16.1 Å². The molecule has 0 saturated carbocycles. The second-order valence-electron chi connectivity index (χ2n) is 6.00. The first-order chi connectivity index (χ1) is 12.8. The molecule has 10 heteroatoms. The quantitative estimate of drug-likeness (QED) is 0.675. The van der Waals surface area contributed by atoms with Crippen LogP contribution in [0.25, 0.3) is 0 Å². The minimum absolute atomic E-state index is 0.0652. The first-order valence-corrected chi connectivity index (χ1v) is 10.4. The Balaban J connectivity index is 1.69. The van der Waals surface area contributed by atoms with Gasteiger partial charge in [-0.05, 0) is 18.2 Å². The van der Waals surface area contributed by atoms with Crippen molar-refractivity contribution < 1.29 is 22.4 Å². The molecule has 3 rings (SSSR count). The van der Waals surface area contributed by atoms with Gasteiger partial charge in [0.1, 0.15) is 4.90 Å². The lowest BCUT2D eigenvalue weighted by Gasteiger charge is -2.34. The lowest BCUT2D eigenvalue weighted by Crippen LogP contribution is -2.48. The fourth-order valence-electron chi connectivity index (χ4n) is 2.96. The molecule has 0 unspecified atom stereocenters. The summed E-state index contributed by atoms with van der Waals surface area (Å²) in [7, 11) is -2.49. The van der Waals surface area contributed by atoms with Crippen LogP contribution in [0.2, 0.25) is 10.0 Å². The van der Waals surface area contributed by atoms with Gasteiger partial charge in [0.05, 0.1) is 23.4 Å². The highest BCUT2D eigenvalue weighted by Gasteiger charge is 2.32. The summed E-state index contributed by atoms with van der Waals surface area (Å²) >= 11 is 12.1. The van der Waals surface area contributed by atoms with Gasteiger partial charge in [-0.3, -0.25) is 4.90 Å². The van der Waals surface area contributed by atoms with E-state index in [1.54, 1.807) is 12.1 Å². The third kappa shape index (κ3) is 4.14. The monoisotopic (exact) mass is 432 g/mol. The number of methoxy groups -OCH3 is 1. The molecule has 2 heterocycles.